The van der Waals surface area contributed by atoms with Gasteiger partial charge >= 0.3 is 18.1 Å². The Morgan fingerprint density at radius 3 is 2.47 bits per heavy atom. The number of halogens is 3. The van der Waals surface area contributed by atoms with E-state index in [0.29, 0.717) is 40.5 Å². The molecule has 0 saturated carbocycles. The van der Waals surface area contributed by atoms with Crippen LogP contribution in [0.15, 0.2) is 71.4 Å². The minimum Gasteiger partial charge on any atom is -0.495 e. The van der Waals surface area contributed by atoms with Crippen molar-refractivity contribution < 1.29 is 36.8 Å². The van der Waals surface area contributed by atoms with E-state index in [2.05, 4.69) is 27.9 Å². The molecule has 0 radical (unpaired) electrons. The average Bonchev–Trinajstić information content (AvgIpc) is 3.47. The van der Waals surface area contributed by atoms with Crippen LogP contribution in [0.1, 0.15) is 19.4 Å². The van der Waals surface area contributed by atoms with Crippen LogP contribution in [0.2, 0.25) is 0 Å². The zero-order chi connectivity index (χ0) is 30.4. The molecule has 3 aromatic carbocycles. The van der Waals surface area contributed by atoms with Crippen LogP contribution in [0, 0.1) is 0 Å². The molecule has 0 bridgehead atoms. The van der Waals surface area contributed by atoms with Gasteiger partial charge in [-0.1, -0.05) is 24.3 Å². The lowest BCUT2D eigenvalue weighted by Crippen LogP contribution is -2.51. The number of anilines is 2. The molecule has 2 amide bonds. The van der Waals surface area contributed by atoms with E-state index in [1.807, 2.05) is 37.3 Å². The third-order valence-electron chi connectivity index (χ3n) is 7.97. The van der Waals surface area contributed by atoms with Gasteiger partial charge in [-0.25, -0.2) is 4.79 Å². The second-order valence-electron chi connectivity index (χ2n) is 10.5. The van der Waals surface area contributed by atoms with Crippen LogP contribution in [-0.4, -0.2) is 67.4 Å². The van der Waals surface area contributed by atoms with Gasteiger partial charge in [0.1, 0.15) is 24.6 Å². The standard InChI is InChI=1S/C30H31F3N6O4/c1-4-38-30(39(38)13-15-42-16-14-39)36-19(2)17-27(37-30)43-25-12-10-23(21-7-5-6-8-22(21)25)34-28(40)35-24-18-20(29(31,32)33)9-11-26(24)41-3/h5-12,17-18H,4,13-16H2,1-3H3,(H2-,34,35,36,37,40)/p+1. The highest BCUT2D eigenvalue weighted by Crippen LogP contribution is 2.50. The van der Waals surface area contributed by atoms with Crippen molar-refractivity contribution in [2.75, 3.05) is 50.6 Å². The quantitative estimate of drug-likeness (QED) is 0.266. The van der Waals surface area contributed by atoms with Crippen LogP contribution in [0.5, 0.6) is 11.5 Å². The Kier molecular flexibility index (Phi) is 7.19. The summed E-state index contributed by atoms with van der Waals surface area (Å²) in [6, 6.07) is 12.9. The Labute approximate surface area is 246 Å². The number of quaternary nitrogens is 1. The lowest BCUT2D eigenvalue weighted by molar-refractivity contribution is -0.897. The smallest absolute Gasteiger partial charge is 0.416 e. The summed E-state index contributed by atoms with van der Waals surface area (Å²) in [5.41, 5.74) is 0.353. The van der Waals surface area contributed by atoms with Gasteiger partial charge in [0.15, 0.2) is 0 Å². The van der Waals surface area contributed by atoms with E-state index in [0.717, 1.165) is 48.9 Å². The average molecular weight is 598 g/mol. The number of methoxy groups -OCH3 is 1. The van der Waals surface area contributed by atoms with E-state index in [1.54, 1.807) is 12.1 Å². The van der Waals surface area contributed by atoms with E-state index in [1.165, 1.54) is 7.11 Å². The summed E-state index contributed by atoms with van der Waals surface area (Å²) in [5.74, 6) is 0.445. The summed E-state index contributed by atoms with van der Waals surface area (Å²) in [4.78, 5) is 18.0. The van der Waals surface area contributed by atoms with Crippen molar-refractivity contribution in [2.24, 2.45) is 4.99 Å². The molecule has 3 aliphatic heterocycles. The van der Waals surface area contributed by atoms with Crippen molar-refractivity contribution in [1.29, 1.82) is 0 Å². The molecule has 3 heterocycles. The highest BCUT2D eigenvalue weighted by atomic mass is 19.4. The normalized spacial score (nSPS) is 22.4. The highest BCUT2D eigenvalue weighted by Gasteiger charge is 2.80. The number of amides is 2. The lowest BCUT2D eigenvalue weighted by atomic mass is 10.1. The van der Waals surface area contributed by atoms with Crippen molar-refractivity contribution in [3.05, 3.63) is 71.9 Å². The van der Waals surface area contributed by atoms with Crippen LogP contribution in [0.25, 0.3) is 10.8 Å². The number of nitrogens with one attached hydrogen (secondary N) is 3. The van der Waals surface area contributed by atoms with E-state index in [9.17, 15) is 18.0 Å². The molecule has 2 spiro atoms. The summed E-state index contributed by atoms with van der Waals surface area (Å²) in [5, 5.41) is 12.5. The first-order chi connectivity index (χ1) is 20.6. The fourth-order valence-corrected chi connectivity index (χ4v) is 6.04. The molecule has 0 aromatic heterocycles. The third-order valence-corrected chi connectivity index (χ3v) is 7.97. The minimum absolute atomic E-state index is 0.0964. The number of urea groups is 1. The molecule has 6 rings (SSSR count). The Bertz CT molecular complexity index is 1640. The van der Waals surface area contributed by atoms with E-state index in [4.69, 9.17) is 19.2 Å². The molecule has 2 fully saturated rings. The number of benzene rings is 3. The van der Waals surface area contributed by atoms with Crippen molar-refractivity contribution in [3.8, 4) is 11.5 Å². The number of rotatable bonds is 5. The van der Waals surface area contributed by atoms with Gasteiger partial charge < -0.3 is 24.8 Å². The maximum Gasteiger partial charge on any atom is 0.416 e. The van der Waals surface area contributed by atoms with Gasteiger partial charge in [0.05, 0.1) is 43.8 Å². The molecular formula is C30H32F3N6O4+. The molecule has 43 heavy (non-hydrogen) atoms. The SMILES string of the molecule is CCN1C2(N=C(Oc3ccc(NC(=O)Nc4cc(C(F)(F)F)ccc4OC)c4ccccc34)C=C(C)N2)[N+]12CCOCC2. The number of hydrogen-bond donors (Lipinski definition) is 3. The van der Waals surface area contributed by atoms with Gasteiger partial charge in [-0.2, -0.15) is 17.8 Å². The zero-order valence-electron chi connectivity index (χ0n) is 23.9. The number of carbonyl (C=O) groups is 1. The molecule has 0 aliphatic carbocycles. The van der Waals surface area contributed by atoms with Crippen LogP contribution in [0.3, 0.4) is 0 Å². The largest absolute Gasteiger partial charge is 0.495 e. The molecule has 226 valence electrons. The first-order valence-corrected chi connectivity index (χ1v) is 13.9. The van der Waals surface area contributed by atoms with Crippen molar-refractivity contribution in [3.63, 3.8) is 0 Å². The third kappa shape index (κ3) is 5.02. The topological polar surface area (TPSA) is 96.2 Å². The minimum atomic E-state index is -4.57. The van der Waals surface area contributed by atoms with Crippen molar-refractivity contribution >= 4 is 34.1 Å². The van der Waals surface area contributed by atoms with Crippen LogP contribution in [0.4, 0.5) is 29.3 Å². The summed E-state index contributed by atoms with van der Waals surface area (Å²) < 4.78 is 57.6. The molecule has 10 nitrogen and oxygen atoms in total. The molecule has 2 saturated heterocycles. The number of aliphatic imine (C=N–C) groups is 1. The van der Waals surface area contributed by atoms with Gasteiger partial charge in [0, 0.05) is 22.5 Å². The summed E-state index contributed by atoms with van der Waals surface area (Å²) >= 11 is 0. The summed E-state index contributed by atoms with van der Waals surface area (Å²) in [6.07, 6.45) is -2.72. The maximum absolute atomic E-state index is 13.3. The molecule has 2 unspecified atom stereocenters. The second-order valence-corrected chi connectivity index (χ2v) is 10.5. The Morgan fingerprint density at radius 2 is 1.77 bits per heavy atom. The van der Waals surface area contributed by atoms with Gasteiger partial charge in [0.2, 0.25) is 5.90 Å². The van der Waals surface area contributed by atoms with Crippen LogP contribution in [-0.2, 0) is 10.9 Å². The highest BCUT2D eigenvalue weighted by molar-refractivity contribution is 6.08. The number of fused-ring (bicyclic) bond motifs is 2. The molecule has 13 heteroatoms. The first-order valence-electron chi connectivity index (χ1n) is 13.9. The number of allylic oxidation sites excluding steroid dienone is 1. The van der Waals surface area contributed by atoms with Gasteiger partial charge in [-0.05, 0) is 49.2 Å². The molecule has 3 aliphatic rings. The molecule has 3 aromatic rings. The fraction of sp³-hybridized carbons (Fsp3) is 0.333. The van der Waals surface area contributed by atoms with Gasteiger partial charge in [-0.15, -0.1) is 4.99 Å². The fourth-order valence-electron chi connectivity index (χ4n) is 6.04. The predicted molar refractivity (Wildman–Crippen MR) is 155 cm³/mol. The van der Waals surface area contributed by atoms with Gasteiger partial charge in [0.25, 0.3) is 0 Å². The number of morpholine rings is 1. The number of carbonyl (C=O) groups excluding carboxylic acids is 1. The summed E-state index contributed by atoms with van der Waals surface area (Å²) in [7, 11) is 1.31. The van der Waals surface area contributed by atoms with E-state index < -0.39 is 23.7 Å². The number of nitrogens with zero attached hydrogens (tertiary/aromatic N) is 3. The van der Waals surface area contributed by atoms with Crippen LogP contribution >= 0.6 is 0 Å². The lowest BCUT2D eigenvalue weighted by Gasteiger charge is -2.26. The Morgan fingerprint density at radius 1 is 1.07 bits per heavy atom. The monoisotopic (exact) mass is 597 g/mol. The Hall–Kier alpha value is -4.33. The number of alkyl halides is 3. The zero-order valence-corrected chi connectivity index (χ0v) is 23.9. The van der Waals surface area contributed by atoms with Gasteiger partial charge in [-0.3, -0.25) is 5.32 Å². The summed E-state index contributed by atoms with van der Waals surface area (Å²) in [6.45, 7) is 7.81. The maximum atomic E-state index is 13.3. The van der Waals surface area contributed by atoms with Crippen molar-refractivity contribution in [1.82, 2.24) is 10.3 Å². The number of ether oxygens (including phenoxy) is 3. The molecular weight excluding hydrogens is 565 g/mol. The van der Waals surface area contributed by atoms with Crippen LogP contribution < -0.4 is 25.4 Å². The molecule has 3 N–H and O–H groups in total. The Balaban J connectivity index is 1.26. The van der Waals surface area contributed by atoms with E-state index >= 15 is 0 Å². The molecule has 2 atom stereocenters. The first kappa shape index (κ1) is 28.8. The van der Waals surface area contributed by atoms with Crippen molar-refractivity contribution in [2.45, 2.75) is 25.9 Å². The predicted octanol–water partition coefficient (Wildman–Crippen LogP) is 5.50. The van der Waals surface area contributed by atoms with E-state index in [-0.39, 0.29) is 11.4 Å². The second kappa shape index (κ2) is 10.7. The number of hydrogen-bond acceptors (Lipinski definition) is 7.